The summed E-state index contributed by atoms with van der Waals surface area (Å²) in [4.78, 5) is 27.6. The summed E-state index contributed by atoms with van der Waals surface area (Å²) in [6, 6.07) is 5.37. The molecule has 1 fully saturated rings. The second kappa shape index (κ2) is 5.82. The first kappa shape index (κ1) is 13.5. The molecule has 1 heterocycles. The molecule has 19 heavy (non-hydrogen) atoms. The predicted molar refractivity (Wildman–Crippen MR) is 70.7 cm³/mol. The van der Waals surface area contributed by atoms with E-state index in [0.717, 1.165) is 18.5 Å². The first-order valence-corrected chi connectivity index (χ1v) is 6.55. The number of aryl methyl sites for hydroxylation is 1. The number of carboxylic acid groups (broad SMARTS) is 1. The van der Waals surface area contributed by atoms with Gasteiger partial charge < -0.3 is 10.4 Å². The highest BCUT2D eigenvalue weighted by Gasteiger charge is 2.35. The summed E-state index contributed by atoms with van der Waals surface area (Å²) in [5, 5.41) is 11.9. The van der Waals surface area contributed by atoms with Crippen LogP contribution in [0.5, 0.6) is 0 Å². The van der Waals surface area contributed by atoms with Crippen molar-refractivity contribution < 1.29 is 14.7 Å². The number of carbonyl (C=O) groups excluding carboxylic acids is 1. The van der Waals surface area contributed by atoms with Crippen LogP contribution in [-0.4, -0.2) is 22.0 Å². The molecular formula is C14H18N2O3. The summed E-state index contributed by atoms with van der Waals surface area (Å²) in [6.07, 6.45) is 3.00. The van der Waals surface area contributed by atoms with Crippen molar-refractivity contribution in [3.63, 3.8) is 0 Å². The van der Waals surface area contributed by atoms with Crippen LogP contribution in [0.25, 0.3) is 0 Å². The monoisotopic (exact) mass is 262 g/mol. The van der Waals surface area contributed by atoms with Crippen LogP contribution in [0.3, 0.4) is 0 Å². The van der Waals surface area contributed by atoms with Crippen molar-refractivity contribution in [2.75, 3.05) is 5.32 Å². The van der Waals surface area contributed by atoms with Crippen LogP contribution in [0, 0.1) is 18.8 Å². The Morgan fingerprint density at radius 1 is 1.26 bits per heavy atom. The minimum atomic E-state index is -0.878. The van der Waals surface area contributed by atoms with Crippen LogP contribution >= 0.6 is 0 Å². The van der Waals surface area contributed by atoms with Crippen LogP contribution in [0.4, 0.5) is 5.82 Å². The highest BCUT2D eigenvalue weighted by Crippen LogP contribution is 2.31. The molecule has 1 aliphatic carbocycles. The van der Waals surface area contributed by atoms with Crippen molar-refractivity contribution in [3.8, 4) is 0 Å². The van der Waals surface area contributed by atoms with E-state index >= 15 is 0 Å². The van der Waals surface area contributed by atoms with E-state index in [9.17, 15) is 14.7 Å². The molecule has 0 radical (unpaired) electrons. The fourth-order valence-electron chi connectivity index (χ4n) is 2.57. The molecule has 2 N–H and O–H groups in total. The Bertz CT molecular complexity index is 487. The first-order chi connectivity index (χ1) is 9.08. The molecule has 1 aliphatic rings. The van der Waals surface area contributed by atoms with Crippen molar-refractivity contribution in [2.24, 2.45) is 11.8 Å². The molecular weight excluding hydrogens is 244 g/mol. The van der Waals surface area contributed by atoms with Gasteiger partial charge in [-0.05, 0) is 31.9 Å². The van der Waals surface area contributed by atoms with Crippen LogP contribution in [0.1, 0.15) is 31.4 Å². The van der Waals surface area contributed by atoms with Gasteiger partial charge in [-0.2, -0.15) is 0 Å². The van der Waals surface area contributed by atoms with Gasteiger partial charge in [0.05, 0.1) is 11.8 Å². The van der Waals surface area contributed by atoms with Crippen molar-refractivity contribution in [2.45, 2.75) is 32.6 Å². The Labute approximate surface area is 112 Å². The minimum Gasteiger partial charge on any atom is -0.481 e. The maximum Gasteiger partial charge on any atom is 0.307 e. The van der Waals surface area contributed by atoms with Crippen LogP contribution in [-0.2, 0) is 9.59 Å². The Morgan fingerprint density at radius 2 is 1.95 bits per heavy atom. The molecule has 0 bridgehead atoms. The van der Waals surface area contributed by atoms with Gasteiger partial charge in [-0.3, -0.25) is 9.59 Å². The van der Waals surface area contributed by atoms with Crippen molar-refractivity contribution in [1.82, 2.24) is 4.98 Å². The topological polar surface area (TPSA) is 79.3 Å². The average molecular weight is 262 g/mol. The Balaban J connectivity index is 2.07. The molecule has 0 spiro atoms. The number of nitrogens with one attached hydrogen (secondary N) is 1. The van der Waals surface area contributed by atoms with Crippen LogP contribution < -0.4 is 5.32 Å². The van der Waals surface area contributed by atoms with E-state index in [1.54, 1.807) is 6.07 Å². The van der Waals surface area contributed by atoms with Crippen LogP contribution in [0.2, 0.25) is 0 Å². The number of pyridine rings is 1. The summed E-state index contributed by atoms with van der Waals surface area (Å²) >= 11 is 0. The molecule has 2 atom stereocenters. The lowest BCUT2D eigenvalue weighted by Crippen LogP contribution is -2.36. The zero-order valence-electron chi connectivity index (χ0n) is 10.9. The molecule has 2 unspecified atom stereocenters. The van der Waals surface area contributed by atoms with E-state index in [0.29, 0.717) is 18.7 Å². The number of rotatable bonds is 3. The third kappa shape index (κ3) is 3.30. The predicted octanol–water partition coefficient (Wildman–Crippen LogP) is 2.22. The largest absolute Gasteiger partial charge is 0.481 e. The minimum absolute atomic E-state index is 0.231. The van der Waals surface area contributed by atoms with Gasteiger partial charge >= 0.3 is 5.97 Å². The first-order valence-electron chi connectivity index (χ1n) is 6.55. The molecule has 0 aliphatic heterocycles. The van der Waals surface area contributed by atoms with Gasteiger partial charge in [-0.1, -0.05) is 18.9 Å². The number of carboxylic acids is 1. The van der Waals surface area contributed by atoms with Crippen molar-refractivity contribution in [1.29, 1.82) is 0 Å². The van der Waals surface area contributed by atoms with E-state index in [4.69, 9.17) is 0 Å². The van der Waals surface area contributed by atoms with Crippen molar-refractivity contribution >= 4 is 17.7 Å². The lowest BCUT2D eigenvalue weighted by atomic mass is 9.79. The van der Waals surface area contributed by atoms with E-state index in [1.165, 1.54) is 0 Å². The Hall–Kier alpha value is -1.91. The maximum absolute atomic E-state index is 12.2. The lowest BCUT2D eigenvalue weighted by molar-refractivity contribution is -0.147. The summed E-state index contributed by atoms with van der Waals surface area (Å²) < 4.78 is 0. The van der Waals surface area contributed by atoms with E-state index in [2.05, 4.69) is 10.3 Å². The van der Waals surface area contributed by atoms with Gasteiger partial charge in [0.2, 0.25) is 5.91 Å². The highest BCUT2D eigenvalue weighted by atomic mass is 16.4. The number of nitrogens with zero attached hydrogens (tertiary/aromatic N) is 1. The maximum atomic E-state index is 12.2. The number of aromatic nitrogens is 1. The summed E-state index contributed by atoms with van der Waals surface area (Å²) in [7, 11) is 0. The molecule has 0 saturated heterocycles. The van der Waals surface area contributed by atoms with Crippen molar-refractivity contribution in [3.05, 3.63) is 23.9 Å². The molecule has 1 amide bonds. The third-order valence-electron chi connectivity index (χ3n) is 3.56. The number of carbonyl (C=O) groups is 2. The van der Waals surface area contributed by atoms with Crippen LogP contribution in [0.15, 0.2) is 18.2 Å². The number of hydrogen-bond acceptors (Lipinski definition) is 3. The molecule has 5 heteroatoms. The van der Waals surface area contributed by atoms with Gasteiger partial charge in [0.15, 0.2) is 0 Å². The summed E-state index contributed by atoms with van der Waals surface area (Å²) in [6.45, 7) is 1.84. The molecule has 2 rings (SSSR count). The Morgan fingerprint density at radius 3 is 2.58 bits per heavy atom. The molecule has 5 nitrogen and oxygen atoms in total. The summed E-state index contributed by atoms with van der Waals surface area (Å²) in [5.41, 5.74) is 0.816. The normalized spacial score (nSPS) is 22.8. The second-order valence-electron chi connectivity index (χ2n) is 4.99. The molecule has 102 valence electrons. The fraction of sp³-hybridized carbons (Fsp3) is 0.500. The highest BCUT2D eigenvalue weighted by molar-refractivity contribution is 5.94. The molecule has 1 saturated carbocycles. The van der Waals surface area contributed by atoms with E-state index in [1.807, 2.05) is 19.1 Å². The lowest BCUT2D eigenvalue weighted by Gasteiger charge is -2.27. The third-order valence-corrected chi connectivity index (χ3v) is 3.56. The van der Waals surface area contributed by atoms with Gasteiger partial charge in [0.1, 0.15) is 5.82 Å². The molecule has 1 aromatic rings. The number of hydrogen-bond donors (Lipinski definition) is 2. The van der Waals surface area contributed by atoms with E-state index in [-0.39, 0.29) is 5.91 Å². The summed E-state index contributed by atoms with van der Waals surface area (Å²) in [5.74, 6) is -1.64. The quantitative estimate of drug-likeness (QED) is 0.875. The van der Waals surface area contributed by atoms with Gasteiger partial charge in [0, 0.05) is 5.69 Å². The SMILES string of the molecule is Cc1cccc(NC(=O)C2CCCCC2C(=O)O)n1. The fourth-order valence-corrected chi connectivity index (χ4v) is 2.57. The molecule has 1 aromatic heterocycles. The van der Waals surface area contributed by atoms with E-state index < -0.39 is 17.8 Å². The number of anilines is 1. The zero-order valence-corrected chi connectivity index (χ0v) is 10.9. The standard InChI is InChI=1S/C14H18N2O3/c1-9-5-4-8-12(15-9)16-13(17)10-6-2-3-7-11(10)14(18)19/h4-5,8,10-11H,2-3,6-7H2,1H3,(H,18,19)(H,15,16,17). The smallest absolute Gasteiger partial charge is 0.307 e. The average Bonchev–Trinajstić information content (AvgIpc) is 2.38. The number of aliphatic carboxylic acids is 1. The van der Waals surface area contributed by atoms with Gasteiger partial charge in [-0.25, -0.2) is 4.98 Å². The molecule has 0 aromatic carbocycles. The van der Waals surface area contributed by atoms with Gasteiger partial charge in [-0.15, -0.1) is 0 Å². The zero-order chi connectivity index (χ0) is 13.8. The van der Waals surface area contributed by atoms with Gasteiger partial charge in [0.25, 0.3) is 0 Å². The Kier molecular flexibility index (Phi) is 4.14. The second-order valence-corrected chi connectivity index (χ2v) is 4.99. The number of amides is 1.